The lowest BCUT2D eigenvalue weighted by Gasteiger charge is -2.26. The number of alkyl halides is 3. The Balaban J connectivity index is 1.48. The van der Waals surface area contributed by atoms with Crippen molar-refractivity contribution in [2.24, 2.45) is 7.05 Å². The minimum atomic E-state index is -4.60. The van der Waals surface area contributed by atoms with Crippen LogP contribution in [-0.4, -0.2) is 48.3 Å². The molecule has 0 spiro atoms. The number of halogens is 3. The van der Waals surface area contributed by atoms with Crippen LogP contribution >= 0.6 is 0 Å². The normalized spacial score (nSPS) is 13.0. The molecule has 1 N–H and O–H groups in total. The van der Waals surface area contributed by atoms with Crippen molar-refractivity contribution >= 4 is 34.5 Å². The first-order chi connectivity index (χ1) is 22.7. The molecule has 0 radical (unpaired) electrons. The van der Waals surface area contributed by atoms with Crippen LogP contribution in [0.1, 0.15) is 32.0 Å². The molecule has 6 rings (SSSR count). The number of aryl methyl sites for hydroxylation is 2. The third-order valence-corrected chi connectivity index (χ3v) is 7.32. The highest BCUT2D eigenvalue weighted by Crippen LogP contribution is 2.47. The van der Waals surface area contributed by atoms with E-state index < -0.39 is 23.8 Å². The van der Waals surface area contributed by atoms with Crippen molar-refractivity contribution in [2.45, 2.75) is 46.0 Å². The van der Waals surface area contributed by atoms with Crippen LogP contribution in [-0.2, 0) is 23.1 Å². The molecule has 2 amide bonds. The summed E-state index contributed by atoms with van der Waals surface area (Å²) in [5.74, 6) is -0.109. The summed E-state index contributed by atoms with van der Waals surface area (Å²) < 4.78 is 51.2. The summed E-state index contributed by atoms with van der Waals surface area (Å²) in [4.78, 5) is 44.9. The molecule has 246 valence electrons. The molecule has 3 aromatic heterocycles. The highest BCUT2D eigenvalue weighted by molar-refractivity contribution is 6.12. The number of nitrogens with zero attached hydrogens (tertiary/aromatic N) is 6. The Labute approximate surface area is 273 Å². The number of amides is 2. The number of fused-ring (bicyclic) bond motifs is 2. The van der Waals surface area contributed by atoms with E-state index in [0.29, 0.717) is 39.9 Å². The van der Waals surface area contributed by atoms with Crippen molar-refractivity contribution in [3.05, 3.63) is 84.5 Å². The molecule has 14 heteroatoms. The standard InChI is InChI=1S/C34H30F3N7O4/c1-19-13-15-38-31(41-19)47-23-10-11-24-21(16-23)17-44(32(46)48-33(2,3)4)30-27-26(24)28(43(5)29(27)39-18-40-30)20-6-8-22(9-7-20)42-25(45)12-14-34(35,36)37/h6-16,18H,17H2,1-5H3,(H,42,45)/b14-12+. The van der Waals surface area contributed by atoms with E-state index in [9.17, 15) is 22.8 Å². The Morgan fingerprint density at radius 2 is 1.75 bits per heavy atom. The number of rotatable bonds is 5. The number of anilines is 2. The predicted molar refractivity (Wildman–Crippen MR) is 172 cm³/mol. The van der Waals surface area contributed by atoms with E-state index in [0.717, 1.165) is 28.1 Å². The molecule has 11 nitrogen and oxygen atoms in total. The topological polar surface area (TPSA) is 124 Å². The summed E-state index contributed by atoms with van der Waals surface area (Å²) in [5, 5.41) is 3.05. The molecule has 0 fully saturated rings. The summed E-state index contributed by atoms with van der Waals surface area (Å²) in [6, 6.07) is 14.1. The van der Waals surface area contributed by atoms with Crippen LogP contribution in [0, 0.1) is 6.92 Å². The Morgan fingerprint density at radius 1 is 1.00 bits per heavy atom. The zero-order valence-corrected chi connectivity index (χ0v) is 26.6. The summed E-state index contributed by atoms with van der Waals surface area (Å²) in [7, 11) is 1.83. The minimum Gasteiger partial charge on any atom is -0.443 e. The van der Waals surface area contributed by atoms with Crippen LogP contribution in [0.25, 0.3) is 33.4 Å². The summed E-state index contributed by atoms with van der Waals surface area (Å²) in [6.07, 6.45) is -1.91. The first-order valence-corrected chi connectivity index (χ1v) is 14.8. The van der Waals surface area contributed by atoms with Gasteiger partial charge in [0.15, 0.2) is 5.82 Å². The smallest absolute Gasteiger partial charge is 0.416 e. The molecule has 5 aromatic rings. The first-order valence-electron chi connectivity index (χ1n) is 14.8. The van der Waals surface area contributed by atoms with Gasteiger partial charge in [0, 0.05) is 42.3 Å². The van der Waals surface area contributed by atoms with Gasteiger partial charge in [0.2, 0.25) is 5.91 Å². The van der Waals surface area contributed by atoms with E-state index in [1.807, 2.05) is 30.7 Å². The lowest BCUT2D eigenvalue weighted by Crippen LogP contribution is -2.37. The van der Waals surface area contributed by atoms with Crippen LogP contribution < -0.4 is 15.0 Å². The molecule has 0 aliphatic carbocycles. The van der Waals surface area contributed by atoms with Crippen LogP contribution in [0.4, 0.5) is 29.5 Å². The fraction of sp³-hybridized carbons (Fsp3) is 0.235. The van der Waals surface area contributed by atoms with Gasteiger partial charge in [0.25, 0.3) is 0 Å². The first kappa shape index (κ1) is 32.2. The fourth-order valence-electron chi connectivity index (χ4n) is 5.41. The van der Waals surface area contributed by atoms with Gasteiger partial charge in [0.1, 0.15) is 23.3 Å². The third kappa shape index (κ3) is 6.68. The maximum atomic E-state index is 13.7. The number of hydrogen-bond donors (Lipinski definition) is 1. The fourth-order valence-corrected chi connectivity index (χ4v) is 5.41. The van der Waals surface area contributed by atoms with Gasteiger partial charge in [-0.3, -0.25) is 9.69 Å². The van der Waals surface area contributed by atoms with Gasteiger partial charge in [-0.25, -0.2) is 24.7 Å². The van der Waals surface area contributed by atoms with Gasteiger partial charge in [-0.05, 0) is 74.7 Å². The van der Waals surface area contributed by atoms with Gasteiger partial charge >= 0.3 is 18.3 Å². The number of carbonyl (C=O) groups is 2. The van der Waals surface area contributed by atoms with E-state index in [-0.39, 0.29) is 18.6 Å². The maximum absolute atomic E-state index is 13.7. The Bertz CT molecular complexity index is 2080. The minimum absolute atomic E-state index is 0.0937. The zero-order valence-electron chi connectivity index (χ0n) is 26.6. The van der Waals surface area contributed by atoms with Crippen molar-refractivity contribution < 1.29 is 32.2 Å². The lowest BCUT2D eigenvalue weighted by molar-refractivity contribution is -0.112. The number of aromatic nitrogens is 5. The average molecular weight is 658 g/mol. The molecule has 1 aliphatic rings. The molecule has 0 unspecified atom stereocenters. The number of hydrogen-bond acceptors (Lipinski definition) is 8. The van der Waals surface area contributed by atoms with Crippen LogP contribution in [0.3, 0.4) is 0 Å². The van der Waals surface area contributed by atoms with Crippen molar-refractivity contribution in [1.82, 2.24) is 24.5 Å². The highest BCUT2D eigenvalue weighted by Gasteiger charge is 2.34. The molecular weight excluding hydrogens is 627 g/mol. The molecule has 2 aromatic carbocycles. The van der Waals surface area contributed by atoms with E-state index in [4.69, 9.17) is 9.47 Å². The number of nitrogens with one attached hydrogen (secondary N) is 1. The largest absolute Gasteiger partial charge is 0.443 e. The number of benzene rings is 2. The summed E-state index contributed by atoms with van der Waals surface area (Å²) in [6.45, 7) is 7.27. The molecule has 0 saturated carbocycles. The molecular formula is C34H30F3N7O4. The molecule has 0 bridgehead atoms. The van der Waals surface area contributed by atoms with Crippen LogP contribution in [0.5, 0.6) is 11.8 Å². The maximum Gasteiger partial charge on any atom is 0.416 e. The van der Waals surface area contributed by atoms with Crippen LogP contribution in [0.15, 0.2) is 73.2 Å². The van der Waals surface area contributed by atoms with E-state index >= 15 is 0 Å². The van der Waals surface area contributed by atoms with Gasteiger partial charge in [0.05, 0.1) is 17.6 Å². The quantitative estimate of drug-likeness (QED) is 0.193. The van der Waals surface area contributed by atoms with Gasteiger partial charge < -0.3 is 19.4 Å². The van der Waals surface area contributed by atoms with Crippen LogP contribution in [0.2, 0.25) is 0 Å². The number of carbonyl (C=O) groups excluding carboxylic acids is 2. The Kier molecular flexibility index (Phi) is 8.11. The van der Waals surface area contributed by atoms with E-state index in [2.05, 4.69) is 25.3 Å². The number of ether oxygens (including phenoxy) is 2. The second-order valence-electron chi connectivity index (χ2n) is 12.1. The SMILES string of the molecule is Cc1ccnc(Oc2ccc3c(c2)CN(C(=O)OC(C)(C)C)c2ncnc4c2c-3c(-c2ccc(NC(=O)/C=C/C(F)(F)F)cc2)n4C)n1. The highest BCUT2D eigenvalue weighted by atomic mass is 19.4. The second-order valence-corrected chi connectivity index (χ2v) is 12.1. The predicted octanol–water partition coefficient (Wildman–Crippen LogP) is 7.51. The summed E-state index contributed by atoms with van der Waals surface area (Å²) >= 11 is 0. The third-order valence-electron chi connectivity index (χ3n) is 7.32. The summed E-state index contributed by atoms with van der Waals surface area (Å²) in [5.41, 5.74) is 4.49. The lowest BCUT2D eigenvalue weighted by atomic mass is 9.95. The molecule has 0 atom stereocenters. The monoisotopic (exact) mass is 657 g/mol. The molecule has 0 saturated heterocycles. The molecule has 48 heavy (non-hydrogen) atoms. The van der Waals surface area contributed by atoms with Crippen molar-refractivity contribution in [3.63, 3.8) is 0 Å². The zero-order chi connectivity index (χ0) is 34.4. The van der Waals surface area contributed by atoms with E-state index in [1.54, 1.807) is 63.4 Å². The van der Waals surface area contributed by atoms with Crippen molar-refractivity contribution in [2.75, 3.05) is 10.2 Å². The van der Waals surface area contributed by atoms with E-state index in [1.165, 1.54) is 11.2 Å². The van der Waals surface area contributed by atoms with Gasteiger partial charge in [-0.15, -0.1) is 0 Å². The second kappa shape index (κ2) is 12.1. The van der Waals surface area contributed by atoms with Crippen molar-refractivity contribution in [1.29, 1.82) is 0 Å². The number of allylic oxidation sites excluding steroid dienone is 1. The molecule has 4 heterocycles. The van der Waals surface area contributed by atoms with Gasteiger partial charge in [-0.1, -0.05) is 18.2 Å². The van der Waals surface area contributed by atoms with Gasteiger partial charge in [-0.2, -0.15) is 13.2 Å². The average Bonchev–Trinajstić information content (AvgIpc) is 3.21. The Morgan fingerprint density at radius 3 is 2.44 bits per heavy atom. The Hall–Kier alpha value is -5.79. The molecule has 1 aliphatic heterocycles. The van der Waals surface area contributed by atoms with Crippen molar-refractivity contribution in [3.8, 4) is 34.1 Å².